The van der Waals surface area contributed by atoms with Crippen LogP contribution in [0.25, 0.3) is 0 Å². The monoisotopic (exact) mass is 262 g/mol. The smallest absolute Gasteiger partial charge is 0.245 e. The highest BCUT2D eigenvalue weighted by atomic mass is 19.1. The second kappa shape index (κ2) is 4.84. The number of halogens is 1. The SMILES string of the molecule is CC(=O)n1nc(N)c(N=Nc2ccc(F)cc2)c1N. The maximum Gasteiger partial charge on any atom is 0.245 e. The van der Waals surface area contributed by atoms with E-state index in [2.05, 4.69) is 15.3 Å². The molecule has 1 heterocycles. The first kappa shape index (κ1) is 12.7. The summed E-state index contributed by atoms with van der Waals surface area (Å²) in [7, 11) is 0. The molecule has 0 aliphatic carbocycles. The van der Waals surface area contributed by atoms with Gasteiger partial charge < -0.3 is 11.5 Å². The van der Waals surface area contributed by atoms with Gasteiger partial charge in [-0.2, -0.15) is 9.80 Å². The van der Waals surface area contributed by atoms with Crippen molar-refractivity contribution in [3.63, 3.8) is 0 Å². The molecule has 2 rings (SSSR count). The third-order valence-electron chi connectivity index (χ3n) is 2.31. The number of nitrogens with two attached hydrogens (primary N) is 2. The maximum absolute atomic E-state index is 12.7. The second-order valence-electron chi connectivity index (χ2n) is 3.73. The molecule has 2 aromatic rings. The fraction of sp³-hybridized carbons (Fsp3) is 0.0909. The molecule has 0 aliphatic rings. The third kappa shape index (κ3) is 2.57. The molecule has 7 nitrogen and oxygen atoms in total. The predicted molar refractivity (Wildman–Crippen MR) is 67.9 cm³/mol. The zero-order valence-corrected chi connectivity index (χ0v) is 10.0. The number of nitrogens with zero attached hydrogens (tertiary/aromatic N) is 4. The highest BCUT2D eigenvalue weighted by molar-refractivity contribution is 5.85. The van der Waals surface area contributed by atoms with Crippen LogP contribution in [0.15, 0.2) is 34.5 Å². The quantitative estimate of drug-likeness (QED) is 0.808. The van der Waals surface area contributed by atoms with Crippen molar-refractivity contribution in [2.24, 2.45) is 10.2 Å². The van der Waals surface area contributed by atoms with Crippen LogP contribution in [0.1, 0.15) is 11.7 Å². The Balaban J connectivity index is 2.33. The van der Waals surface area contributed by atoms with Gasteiger partial charge in [0.1, 0.15) is 5.82 Å². The van der Waals surface area contributed by atoms with Gasteiger partial charge in [-0.15, -0.1) is 10.2 Å². The van der Waals surface area contributed by atoms with Crippen molar-refractivity contribution in [2.45, 2.75) is 6.92 Å². The van der Waals surface area contributed by atoms with Crippen LogP contribution in [-0.2, 0) is 0 Å². The molecule has 98 valence electrons. The number of carbonyl (C=O) groups excluding carboxylic acids is 1. The number of carbonyl (C=O) groups is 1. The van der Waals surface area contributed by atoms with E-state index in [9.17, 15) is 9.18 Å². The van der Waals surface area contributed by atoms with E-state index in [1.54, 1.807) is 0 Å². The minimum Gasteiger partial charge on any atom is -0.382 e. The van der Waals surface area contributed by atoms with Crippen molar-refractivity contribution in [3.05, 3.63) is 30.1 Å². The van der Waals surface area contributed by atoms with Crippen LogP contribution in [0.2, 0.25) is 0 Å². The molecule has 8 heteroatoms. The Morgan fingerprint density at radius 2 is 1.89 bits per heavy atom. The summed E-state index contributed by atoms with van der Waals surface area (Å²) in [6, 6.07) is 5.39. The number of rotatable bonds is 2. The van der Waals surface area contributed by atoms with Gasteiger partial charge in [0.25, 0.3) is 0 Å². The van der Waals surface area contributed by atoms with Crippen molar-refractivity contribution in [3.8, 4) is 0 Å². The Morgan fingerprint density at radius 3 is 2.42 bits per heavy atom. The molecule has 0 unspecified atom stereocenters. The first-order valence-electron chi connectivity index (χ1n) is 5.31. The molecular formula is C11H11FN6O. The van der Waals surface area contributed by atoms with Crippen molar-refractivity contribution in [1.29, 1.82) is 0 Å². The molecule has 19 heavy (non-hydrogen) atoms. The van der Waals surface area contributed by atoms with Gasteiger partial charge in [-0.05, 0) is 24.3 Å². The maximum atomic E-state index is 12.7. The summed E-state index contributed by atoms with van der Waals surface area (Å²) in [5.74, 6) is -0.746. The van der Waals surface area contributed by atoms with Crippen LogP contribution in [0.5, 0.6) is 0 Å². The molecule has 0 aliphatic heterocycles. The van der Waals surface area contributed by atoms with Crippen LogP contribution in [0.3, 0.4) is 0 Å². The van der Waals surface area contributed by atoms with E-state index in [-0.39, 0.29) is 29.0 Å². The van der Waals surface area contributed by atoms with Gasteiger partial charge in [0.2, 0.25) is 5.91 Å². The lowest BCUT2D eigenvalue weighted by molar-refractivity contribution is 0.0924. The number of benzene rings is 1. The first-order chi connectivity index (χ1) is 8.99. The number of hydrogen-bond acceptors (Lipinski definition) is 6. The average molecular weight is 262 g/mol. The van der Waals surface area contributed by atoms with Gasteiger partial charge >= 0.3 is 0 Å². The summed E-state index contributed by atoms with van der Waals surface area (Å²) in [6.45, 7) is 1.30. The minimum atomic E-state index is -0.382. The molecule has 0 saturated heterocycles. The third-order valence-corrected chi connectivity index (χ3v) is 2.31. The normalized spacial score (nSPS) is 11.1. The highest BCUT2D eigenvalue weighted by Gasteiger charge is 2.15. The van der Waals surface area contributed by atoms with E-state index in [1.807, 2.05) is 0 Å². The van der Waals surface area contributed by atoms with Gasteiger partial charge in [0.05, 0.1) is 5.69 Å². The molecule has 1 aromatic heterocycles. The number of azo groups is 1. The molecule has 4 N–H and O–H groups in total. The predicted octanol–water partition coefficient (Wildman–Crippen LogP) is 2.26. The molecule has 1 aromatic carbocycles. The lowest BCUT2D eigenvalue weighted by Gasteiger charge is -1.96. The molecule has 0 radical (unpaired) electrons. The van der Waals surface area contributed by atoms with Gasteiger partial charge in [-0.25, -0.2) is 4.39 Å². The summed E-state index contributed by atoms with van der Waals surface area (Å²) in [4.78, 5) is 11.2. The van der Waals surface area contributed by atoms with Gasteiger partial charge in [-0.3, -0.25) is 4.79 Å². The lowest BCUT2D eigenvalue weighted by atomic mass is 10.3. The highest BCUT2D eigenvalue weighted by Crippen LogP contribution is 2.30. The second-order valence-corrected chi connectivity index (χ2v) is 3.73. The number of nitrogen functional groups attached to an aromatic ring is 2. The van der Waals surface area contributed by atoms with Crippen LogP contribution in [0, 0.1) is 5.82 Å². The van der Waals surface area contributed by atoms with Crippen molar-refractivity contribution in [1.82, 2.24) is 9.78 Å². The lowest BCUT2D eigenvalue weighted by Crippen LogP contribution is -2.10. The summed E-state index contributed by atoms with van der Waals surface area (Å²) >= 11 is 0. The molecule has 0 saturated carbocycles. The summed E-state index contributed by atoms with van der Waals surface area (Å²) in [5.41, 5.74) is 11.8. The molecule has 0 atom stereocenters. The fourth-order valence-corrected chi connectivity index (χ4v) is 1.40. The van der Waals surface area contributed by atoms with Crippen molar-refractivity contribution in [2.75, 3.05) is 11.5 Å². The standard InChI is InChI=1S/C11H11FN6O/c1-6(19)18-11(14)9(10(13)17-18)16-15-8-4-2-7(12)3-5-8/h2-5H,14H2,1H3,(H2,13,17). The summed E-state index contributed by atoms with van der Waals surface area (Å²) in [6.07, 6.45) is 0. The van der Waals surface area contributed by atoms with E-state index in [0.29, 0.717) is 5.69 Å². The summed E-state index contributed by atoms with van der Waals surface area (Å²) < 4.78 is 13.6. The Hall–Kier alpha value is -2.77. The van der Waals surface area contributed by atoms with E-state index < -0.39 is 0 Å². The molecular weight excluding hydrogens is 251 g/mol. The van der Waals surface area contributed by atoms with Crippen LogP contribution in [0.4, 0.5) is 27.4 Å². The van der Waals surface area contributed by atoms with E-state index >= 15 is 0 Å². The molecule has 0 bridgehead atoms. The van der Waals surface area contributed by atoms with Crippen LogP contribution < -0.4 is 11.5 Å². The fourth-order valence-electron chi connectivity index (χ4n) is 1.40. The van der Waals surface area contributed by atoms with Crippen molar-refractivity contribution >= 4 is 28.9 Å². The molecule has 0 fully saturated rings. The van der Waals surface area contributed by atoms with Gasteiger partial charge in [-0.1, -0.05) is 0 Å². The zero-order valence-electron chi connectivity index (χ0n) is 10.0. The van der Waals surface area contributed by atoms with E-state index in [0.717, 1.165) is 4.68 Å². The van der Waals surface area contributed by atoms with Crippen LogP contribution >= 0.6 is 0 Å². The zero-order chi connectivity index (χ0) is 14.0. The number of anilines is 2. The largest absolute Gasteiger partial charge is 0.382 e. The summed E-state index contributed by atoms with van der Waals surface area (Å²) in [5, 5.41) is 11.4. The Kier molecular flexibility index (Phi) is 3.23. The minimum absolute atomic E-state index is 0.00133. The van der Waals surface area contributed by atoms with Gasteiger partial charge in [0, 0.05) is 6.92 Å². The number of aromatic nitrogens is 2. The molecule has 0 amide bonds. The Labute approximate surface area is 107 Å². The topological polar surface area (TPSA) is 112 Å². The Bertz CT molecular complexity index is 646. The van der Waals surface area contributed by atoms with Crippen molar-refractivity contribution < 1.29 is 9.18 Å². The number of hydrogen-bond donors (Lipinski definition) is 2. The van der Waals surface area contributed by atoms with Crippen LogP contribution in [-0.4, -0.2) is 15.7 Å². The van der Waals surface area contributed by atoms with E-state index in [1.165, 1.54) is 31.2 Å². The first-order valence-corrected chi connectivity index (χ1v) is 5.31. The van der Waals surface area contributed by atoms with Gasteiger partial charge in [0.15, 0.2) is 17.3 Å². The Morgan fingerprint density at radius 1 is 1.26 bits per heavy atom. The average Bonchev–Trinajstić information content (AvgIpc) is 2.65. The molecule has 0 spiro atoms. The van der Waals surface area contributed by atoms with E-state index in [4.69, 9.17) is 11.5 Å².